The average Bonchev–Trinajstić information content (AvgIpc) is 2.28. The first-order chi connectivity index (χ1) is 7.99. The van der Waals surface area contributed by atoms with Crippen molar-refractivity contribution < 1.29 is 0 Å². The zero-order valence-corrected chi connectivity index (χ0v) is 12.4. The third-order valence-electron chi connectivity index (χ3n) is 2.23. The van der Waals surface area contributed by atoms with Gasteiger partial charge in [-0.15, -0.1) is 0 Å². The van der Waals surface area contributed by atoms with Gasteiger partial charge in [0.2, 0.25) is 0 Å². The fourth-order valence-electron chi connectivity index (χ4n) is 1.28. The second-order valence-electron chi connectivity index (χ2n) is 4.10. The van der Waals surface area contributed by atoms with Crippen LogP contribution in [0.25, 0.3) is 0 Å². The lowest BCUT2D eigenvalue weighted by Gasteiger charge is -2.05. The first-order valence-electron chi connectivity index (χ1n) is 5.42. The molecule has 0 atom stereocenters. The Morgan fingerprint density at radius 2 is 2.24 bits per heavy atom. The van der Waals surface area contributed by atoms with E-state index in [9.17, 15) is 0 Å². The number of hydrogen-bond acceptors (Lipinski definition) is 1. The number of nitrogens with zero attached hydrogens (tertiary/aromatic N) is 1. The van der Waals surface area contributed by atoms with Gasteiger partial charge in [0.15, 0.2) is 5.96 Å². The van der Waals surface area contributed by atoms with Gasteiger partial charge < -0.3 is 11.1 Å². The van der Waals surface area contributed by atoms with E-state index in [4.69, 9.17) is 5.73 Å². The van der Waals surface area contributed by atoms with Crippen molar-refractivity contribution in [2.24, 2.45) is 10.7 Å². The lowest BCUT2D eigenvalue weighted by molar-refractivity contribution is 0.939. The number of hydrogen-bond donors (Lipinski definition) is 2. The van der Waals surface area contributed by atoms with E-state index in [-0.39, 0.29) is 0 Å². The number of rotatable bonds is 4. The Kier molecular flexibility index (Phi) is 5.47. The SMILES string of the molecule is C=C(C)CNC(N)=NCc1ccc(I)c(C)c1. The molecule has 0 spiro atoms. The molecule has 0 aliphatic heterocycles. The first kappa shape index (κ1) is 14.0. The molecule has 0 amide bonds. The van der Waals surface area contributed by atoms with Crippen molar-refractivity contribution in [1.82, 2.24) is 5.32 Å². The summed E-state index contributed by atoms with van der Waals surface area (Å²) in [5, 5.41) is 3.01. The van der Waals surface area contributed by atoms with Crippen molar-refractivity contribution in [2.45, 2.75) is 20.4 Å². The van der Waals surface area contributed by atoms with Gasteiger partial charge in [0.25, 0.3) is 0 Å². The number of nitrogens with one attached hydrogen (secondary N) is 1. The fourth-order valence-corrected chi connectivity index (χ4v) is 1.61. The van der Waals surface area contributed by atoms with Crippen LogP contribution in [0.3, 0.4) is 0 Å². The molecule has 0 saturated carbocycles. The molecule has 0 radical (unpaired) electrons. The van der Waals surface area contributed by atoms with Gasteiger partial charge in [0, 0.05) is 10.1 Å². The number of halogens is 1. The molecule has 0 saturated heterocycles. The molecule has 3 N–H and O–H groups in total. The molecule has 0 unspecified atom stereocenters. The number of guanidine groups is 1. The van der Waals surface area contributed by atoms with Crippen LogP contribution in [0.2, 0.25) is 0 Å². The van der Waals surface area contributed by atoms with E-state index < -0.39 is 0 Å². The molecule has 0 aliphatic rings. The molecule has 1 aromatic carbocycles. The average molecular weight is 343 g/mol. The molecule has 92 valence electrons. The molecular formula is C13H18IN3. The van der Waals surface area contributed by atoms with Crippen LogP contribution in [0.5, 0.6) is 0 Å². The molecule has 1 rings (SSSR count). The summed E-state index contributed by atoms with van der Waals surface area (Å²) in [4.78, 5) is 4.28. The van der Waals surface area contributed by atoms with Crippen LogP contribution in [0.4, 0.5) is 0 Å². The molecule has 17 heavy (non-hydrogen) atoms. The smallest absolute Gasteiger partial charge is 0.189 e. The number of benzene rings is 1. The molecule has 3 nitrogen and oxygen atoms in total. The summed E-state index contributed by atoms with van der Waals surface area (Å²) >= 11 is 2.32. The van der Waals surface area contributed by atoms with Crippen molar-refractivity contribution in [3.8, 4) is 0 Å². The quantitative estimate of drug-likeness (QED) is 0.382. The first-order valence-corrected chi connectivity index (χ1v) is 6.50. The number of aryl methyl sites for hydroxylation is 1. The maximum absolute atomic E-state index is 5.73. The van der Waals surface area contributed by atoms with Crippen LogP contribution in [-0.4, -0.2) is 12.5 Å². The normalized spacial score (nSPS) is 11.4. The minimum atomic E-state index is 0.462. The molecule has 4 heteroatoms. The summed E-state index contributed by atoms with van der Waals surface area (Å²) in [6, 6.07) is 6.31. The van der Waals surface area contributed by atoms with E-state index in [0.29, 0.717) is 19.0 Å². The topological polar surface area (TPSA) is 50.4 Å². The summed E-state index contributed by atoms with van der Waals surface area (Å²) in [5.41, 5.74) is 9.21. The fraction of sp³-hybridized carbons (Fsp3) is 0.308. The predicted octanol–water partition coefficient (Wildman–Crippen LogP) is 2.58. The summed E-state index contributed by atoms with van der Waals surface area (Å²) in [5.74, 6) is 0.462. The maximum atomic E-state index is 5.73. The third kappa shape index (κ3) is 5.21. The summed E-state index contributed by atoms with van der Waals surface area (Å²) in [6.45, 7) is 9.11. The lowest BCUT2D eigenvalue weighted by Crippen LogP contribution is -2.32. The zero-order valence-electron chi connectivity index (χ0n) is 10.3. The second kappa shape index (κ2) is 6.64. The van der Waals surface area contributed by atoms with Crippen LogP contribution >= 0.6 is 22.6 Å². The zero-order chi connectivity index (χ0) is 12.8. The van der Waals surface area contributed by atoms with Gasteiger partial charge in [-0.2, -0.15) is 0 Å². The molecular weight excluding hydrogens is 325 g/mol. The Morgan fingerprint density at radius 1 is 1.53 bits per heavy atom. The lowest BCUT2D eigenvalue weighted by atomic mass is 10.1. The van der Waals surface area contributed by atoms with E-state index in [2.05, 4.69) is 64.6 Å². The molecule has 0 aliphatic carbocycles. The summed E-state index contributed by atoms with van der Waals surface area (Å²) in [6.07, 6.45) is 0. The molecule has 0 fully saturated rings. The van der Waals surface area contributed by atoms with Gasteiger partial charge in [0.05, 0.1) is 6.54 Å². The van der Waals surface area contributed by atoms with Crippen LogP contribution in [0.1, 0.15) is 18.1 Å². The van der Waals surface area contributed by atoms with E-state index >= 15 is 0 Å². The van der Waals surface area contributed by atoms with Gasteiger partial charge >= 0.3 is 0 Å². The maximum Gasteiger partial charge on any atom is 0.189 e. The van der Waals surface area contributed by atoms with E-state index in [1.807, 2.05) is 6.92 Å². The second-order valence-corrected chi connectivity index (χ2v) is 5.26. The van der Waals surface area contributed by atoms with E-state index in [1.54, 1.807) is 0 Å². The van der Waals surface area contributed by atoms with Crippen LogP contribution in [0.15, 0.2) is 35.3 Å². The predicted molar refractivity (Wildman–Crippen MR) is 82.0 cm³/mol. The van der Waals surface area contributed by atoms with Gasteiger partial charge in [-0.3, -0.25) is 0 Å². The Labute approximate surface area is 116 Å². The Hall–Kier alpha value is -1.04. The minimum Gasteiger partial charge on any atom is -0.370 e. The van der Waals surface area contributed by atoms with Crippen LogP contribution in [0, 0.1) is 10.5 Å². The number of aliphatic imine (C=N–C) groups is 1. The van der Waals surface area contributed by atoms with Crippen molar-refractivity contribution >= 4 is 28.6 Å². The standard InChI is InChI=1S/C13H18IN3/c1-9(2)7-16-13(15)17-8-11-4-5-12(14)10(3)6-11/h4-6H,1,7-8H2,2-3H3,(H3,15,16,17). The van der Waals surface area contributed by atoms with Crippen LogP contribution < -0.4 is 11.1 Å². The van der Waals surface area contributed by atoms with Gasteiger partial charge in [0.1, 0.15) is 0 Å². The van der Waals surface area contributed by atoms with Crippen molar-refractivity contribution in [2.75, 3.05) is 6.54 Å². The summed E-state index contributed by atoms with van der Waals surface area (Å²) < 4.78 is 1.27. The van der Waals surface area contributed by atoms with Gasteiger partial charge in [-0.1, -0.05) is 24.3 Å². The van der Waals surface area contributed by atoms with E-state index in [1.165, 1.54) is 14.7 Å². The summed E-state index contributed by atoms with van der Waals surface area (Å²) in [7, 11) is 0. The van der Waals surface area contributed by atoms with Crippen LogP contribution in [-0.2, 0) is 6.54 Å². The molecule has 0 heterocycles. The highest BCUT2D eigenvalue weighted by Gasteiger charge is 1.97. The van der Waals surface area contributed by atoms with Crippen molar-refractivity contribution in [3.05, 3.63) is 45.0 Å². The highest BCUT2D eigenvalue weighted by Crippen LogP contribution is 2.13. The largest absolute Gasteiger partial charge is 0.370 e. The molecule has 0 bridgehead atoms. The Bertz CT molecular complexity index is 438. The Balaban J connectivity index is 2.56. The molecule has 1 aromatic rings. The third-order valence-corrected chi connectivity index (χ3v) is 3.44. The monoisotopic (exact) mass is 343 g/mol. The molecule has 0 aromatic heterocycles. The Morgan fingerprint density at radius 3 is 2.82 bits per heavy atom. The minimum absolute atomic E-state index is 0.462. The van der Waals surface area contributed by atoms with E-state index in [0.717, 1.165) is 5.57 Å². The highest BCUT2D eigenvalue weighted by atomic mass is 127. The van der Waals surface area contributed by atoms with Crippen molar-refractivity contribution in [1.29, 1.82) is 0 Å². The van der Waals surface area contributed by atoms with Gasteiger partial charge in [-0.05, 0) is 53.6 Å². The van der Waals surface area contributed by atoms with Gasteiger partial charge in [-0.25, -0.2) is 4.99 Å². The number of nitrogens with two attached hydrogens (primary N) is 1. The highest BCUT2D eigenvalue weighted by molar-refractivity contribution is 14.1. The van der Waals surface area contributed by atoms with Crippen molar-refractivity contribution in [3.63, 3.8) is 0 Å².